The van der Waals surface area contributed by atoms with Gasteiger partial charge in [-0.3, -0.25) is 0 Å². The highest BCUT2D eigenvalue weighted by atomic mass is 32.2. The minimum absolute atomic E-state index is 0.0360. The Balaban J connectivity index is 1.95. The molecule has 4 nitrogen and oxygen atoms in total. The molecule has 0 atom stereocenters. The Hall–Kier alpha value is -0.620. The van der Waals surface area contributed by atoms with Crippen LogP contribution in [0.2, 0.25) is 0 Å². The molecule has 1 N–H and O–H groups in total. The number of sulfone groups is 1. The molecule has 21 heavy (non-hydrogen) atoms. The van der Waals surface area contributed by atoms with Crippen molar-refractivity contribution in [3.8, 4) is 0 Å². The van der Waals surface area contributed by atoms with E-state index >= 15 is 0 Å². The maximum atomic E-state index is 11.3. The highest BCUT2D eigenvalue weighted by Crippen LogP contribution is 2.10. The van der Waals surface area contributed by atoms with E-state index in [0.717, 1.165) is 12.8 Å². The van der Waals surface area contributed by atoms with Crippen LogP contribution in [0.25, 0.3) is 0 Å². The molecule has 0 aromatic carbocycles. The fourth-order valence-corrected chi connectivity index (χ4v) is 3.69. The number of rotatable bonds is 10. The Morgan fingerprint density at radius 1 is 1.19 bits per heavy atom. The average molecular weight is 334 g/mol. The minimum atomic E-state index is -2.95. The van der Waals surface area contributed by atoms with Gasteiger partial charge in [-0.2, -0.15) is 0 Å². The second-order valence-electron chi connectivity index (χ2n) is 5.52. The maximum Gasteiger partial charge on any atom is 0.260 e. The molecular formula is C15H27NO3S2. The fraction of sp³-hybridized carbons (Fsp3) is 0.800. The molecule has 0 amide bonds. The molecule has 122 valence electrons. The van der Waals surface area contributed by atoms with Crippen LogP contribution in [0.5, 0.6) is 0 Å². The van der Waals surface area contributed by atoms with E-state index in [1.807, 2.05) is 0 Å². The van der Waals surface area contributed by atoms with Gasteiger partial charge in [-0.05, 0) is 24.7 Å². The van der Waals surface area contributed by atoms with E-state index in [-0.39, 0.29) is 16.7 Å². The summed E-state index contributed by atoms with van der Waals surface area (Å²) in [6.45, 7) is 2.83. The molecular weight excluding hydrogens is 306 g/mol. The van der Waals surface area contributed by atoms with Gasteiger partial charge in [0, 0.05) is 5.70 Å². The van der Waals surface area contributed by atoms with Crippen molar-refractivity contribution in [2.75, 3.05) is 18.1 Å². The fourth-order valence-electron chi connectivity index (χ4n) is 2.24. The molecule has 1 heterocycles. The van der Waals surface area contributed by atoms with Crippen LogP contribution in [0.4, 0.5) is 0 Å². The highest BCUT2D eigenvalue weighted by molar-refractivity contribution is 7.92. The Morgan fingerprint density at radius 3 is 2.38 bits per heavy atom. The van der Waals surface area contributed by atoms with E-state index in [0.29, 0.717) is 12.3 Å². The lowest BCUT2D eigenvalue weighted by Crippen LogP contribution is -2.25. The topological polar surface area (TPSA) is 55.4 Å². The normalized spacial score (nSPS) is 16.5. The Morgan fingerprint density at radius 2 is 1.81 bits per heavy atom. The van der Waals surface area contributed by atoms with Gasteiger partial charge in [0.1, 0.15) is 0 Å². The Kier molecular flexibility index (Phi) is 8.92. The number of thiocarbonyl (C=S) groups is 1. The molecule has 0 spiro atoms. The van der Waals surface area contributed by atoms with Crippen LogP contribution in [-0.2, 0) is 14.6 Å². The van der Waals surface area contributed by atoms with Crippen LogP contribution >= 0.6 is 12.2 Å². The molecule has 0 unspecified atom stereocenters. The quantitative estimate of drug-likeness (QED) is 0.491. The molecule has 0 aromatic heterocycles. The summed E-state index contributed by atoms with van der Waals surface area (Å²) in [5.74, 6) is 0.129. The van der Waals surface area contributed by atoms with Gasteiger partial charge in [0.25, 0.3) is 5.17 Å². The summed E-state index contributed by atoms with van der Waals surface area (Å²) in [6.07, 6.45) is 11.7. The van der Waals surface area contributed by atoms with Gasteiger partial charge in [-0.25, -0.2) is 8.42 Å². The molecule has 1 rings (SSSR count). The number of hydrogen-bond acceptors (Lipinski definition) is 4. The van der Waals surface area contributed by atoms with Crippen molar-refractivity contribution in [3.05, 3.63) is 11.8 Å². The predicted molar refractivity (Wildman–Crippen MR) is 91.0 cm³/mol. The summed E-state index contributed by atoms with van der Waals surface area (Å²) in [7, 11) is -2.95. The molecule has 0 aliphatic carbocycles. The molecule has 1 aliphatic rings. The van der Waals surface area contributed by atoms with Crippen LogP contribution < -0.4 is 5.32 Å². The smallest absolute Gasteiger partial charge is 0.260 e. The molecule has 6 heteroatoms. The van der Waals surface area contributed by atoms with Gasteiger partial charge in [0.2, 0.25) is 0 Å². The summed E-state index contributed by atoms with van der Waals surface area (Å²) in [5.41, 5.74) is 0.635. The van der Waals surface area contributed by atoms with Crippen molar-refractivity contribution < 1.29 is 13.2 Å². The van der Waals surface area contributed by atoms with E-state index in [4.69, 9.17) is 17.0 Å². The van der Waals surface area contributed by atoms with Gasteiger partial charge in [-0.15, -0.1) is 0 Å². The molecule has 0 radical (unpaired) electrons. The summed E-state index contributed by atoms with van der Waals surface area (Å²) in [4.78, 5) is 0. The third-order valence-electron chi connectivity index (χ3n) is 3.45. The van der Waals surface area contributed by atoms with Crippen molar-refractivity contribution in [2.24, 2.45) is 0 Å². The summed E-state index contributed by atoms with van der Waals surface area (Å²) in [6, 6.07) is 0. The lowest BCUT2D eigenvalue weighted by atomic mass is 10.1. The van der Waals surface area contributed by atoms with E-state index in [1.165, 1.54) is 38.5 Å². The zero-order valence-corrected chi connectivity index (χ0v) is 14.5. The zero-order valence-electron chi connectivity index (χ0n) is 12.9. The van der Waals surface area contributed by atoms with Crippen molar-refractivity contribution in [1.29, 1.82) is 0 Å². The van der Waals surface area contributed by atoms with Gasteiger partial charge in [0.05, 0.1) is 18.1 Å². The maximum absolute atomic E-state index is 11.3. The van der Waals surface area contributed by atoms with E-state index in [2.05, 4.69) is 12.2 Å². The molecule has 0 bridgehead atoms. The van der Waals surface area contributed by atoms with Gasteiger partial charge < -0.3 is 10.1 Å². The Bertz CT molecular complexity index is 444. The van der Waals surface area contributed by atoms with Crippen LogP contribution in [0.15, 0.2) is 11.8 Å². The van der Waals surface area contributed by atoms with Gasteiger partial charge >= 0.3 is 0 Å². The van der Waals surface area contributed by atoms with Crippen molar-refractivity contribution in [1.82, 2.24) is 5.32 Å². The number of hydrogen-bond donors (Lipinski definition) is 1. The Labute approximate surface area is 134 Å². The number of unbranched alkanes of at least 4 members (excludes halogenated alkanes) is 7. The first kappa shape index (κ1) is 18.4. The molecule has 1 aliphatic heterocycles. The van der Waals surface area contributed by atoms with Crippen LogP contribution in [-0.4, -0.2) is 31.7 Å². The van der Waals surface area contributed by atoms with E-state index in [9.17, 15) is 8.42 Å². The van der Waals surface area contributed by atoms with Gasteiger partial charge in [0.15, 0.2) is 9.84 Å². The summed E-state index contributed by atoms with van der Waals surface area (Å²) >= 11 is 5.05. The lowest BCUT2D eigenvalue weighted by molar-refractivity contribution is 0.289. The summed E-state index contributed by atoms with van der Waals surface area (Å²) < 4.78 is 27.9. The lowest BCUT2D eigenvalue weighted by Gasteiger charge is -2.09. The first-order chi connectivity index (χ1) is 10.0. The van der Waals surface area contributed by atoms with E-state index < -0.39 is 9.84 Å². The van der Waals surface area contributed by atoms with Crippen LogP contribution in [0, 0.1) is 0 Å². The second-order valence-corrected chi connectivity index (χ2v) is 8.00. The van der Waals surface area contributed by atoms with Gasteiger partial charge in [-0.1, -0.05) is 51.9 Å². The largest absolute Gasteiger partial charge is 0.471 e. The average Bonchev–Trinajstić information content (AvgIpc) is 2.76. The second kappa shape index (κ2) is 10.2. The predicted octanol–water partition coefficient (Wildman–Crippen LogP) is 3.33. The molecule has 0 fully saturated rings. The minimum Gasteiger partial charge on any atom is -0.471 e. The monoisotopic (exact) mass is 333 g/mol. The van der Waals surface area contributed by atoms with Crippen molar-refractivity contribution in [3.63, 3.8) is 0 Å². The zero-order chi connectivity index (χ0) is 15.6. The highest BCUT2D eigenvalue weighted by Gasteiger charge is 2.20. The third kappa shape index (κ3) is 9.09. The third-order valence-corrected chi connectivity index (χ3v) is 5.10. The van der Waals surface area contributed by atoms with Crippen molar-refractivity contribution in [2.45, 2.75) is 58.3 Å². The summed E-state index contributed by atoms with van der Waals surface area (Å²) in [5, 5.41) is 3.13. The van der Waals surface area contributed by atoms with E-state index in [1.54, 1.807) is 6.08 Å². The molecule has 0 saturated heterocycles. The molecule has 0 aromatic rings. The van der Waals surface area contributed by atoms with Crippen LogP contribution in [0.3, 0.4) is 0 Å². The standard InChI is InChI=1S/C15H27NO3S2/c1-2-3-4-5-6-7-8-9-11-19-15(20)16-14-10-12-21(17,18)13-14/h10H,2-9,11-13H2,1H3,(H,16,20). The first-order valence-electron chi connectivity index (χ1n) is 7.87. The first-order valence-corrected chi connectivity index (χ1v) is 10.1. The molecule has 0 saturated carbocycles. The van der Waals surface area contributed by atoms with Crippen LogP contribution in [0.1, 0.15) is 58.3 Å². The number of nitrogens with one attached hydrogen (secondary N) is 1. The number of ether oxygens (including phenoxy) is 1. The van der Waals surface area contributed by atoms with Crippen molar-refractivity contribution >= 4 is 27.2 Å². The SMILES string of the molecule is CCCCCCCCCCOC(=S)NC1=CCS(=O)(=O)C1.